The Morgan fingerprint density at radius 1 is 1.41 bits per heavy atom. The van der Waals surface area contributed by atoms with E-state index in [-0.39, 0.29) is 36.5 Å². The van der Waals surface area contributed by atoms with Crippen molar-refractivity contribution in [2.24, 2.45) is 0 Å². The zero-order chi connectivity index (χ0) is 19.3. The van der Waals surface area contributed by atoms with Gasteiger partial charge in [0.25, 0.3) is 0 Å². The third-order valence-electron chi connectivity index (χ3n) is 3.10. The number of cyclic esters (lactones) is 1. The first-order chi connectivity index (χ1) is 12.2. The minimum atomic E-state index is -4.50. The highest BCUT2D eigenvalue weighted by Gasteiger charge is 2.34. The Bertz CT molecular complexity index is 814. The van der Waals surface area contributed by atoms with Crippen LogP contribution in [0.15, 0.2) is 29.2 Å². The van der Waals surface area contributed by atoms with Crippen molar-refractivity contribution in [1.82, 2.24) is 10.5 Å². The van der Waals surface area contributed by atoms with Crippen LogP contribution in [0.4, 0.5) is 4.79 Å². The molecule has 0 saturated carbocycles. The Morgan fingerprint density at radius 2 is 2.11 bits per heavy atom. The predicted molar refractivity (Wildman–Crippen MR) is 92.5 cm³/mol. The number of alkyl halides is 1. The molecule has 0 spiro atoms. The minimum absolute atomic E-state index is 0. The Kier molecular flexibility index (Phi) is 8.00. The molecule has 27 heavy (non-hydrogen) atoms. The second-order valence-corrected chi connectivity index (χ2v) is 7.01. The molecule has 1 aliphatic heterocycles. The zero-order valence-electron chi connectivity index (χ0n) is 13.5. The summed E-state index contributed by atoms with van der Waals surface area (Å²) in [5.74, 6) is -2.23. The highest BCUT2D eigenvalue weighted by molar-refractivity contribution is 7.86. The Labute approximate surface area is 161 Å². The van der Waals surface area contributed by atoms with Crippen LogP contribution in [-0.2, 0) is 40.2 Å². The van der Waals surface area contributed by atoms with E-state index in [2.05, 4.69) is 14.4 Å². The number of alkyl carbamates (subject to hydrolysis) is 1. The second kappa shape index (κ2) is 9.53. The van der Waals surface area contributed by atoms with Gasteiger partial charge in [0, 0.05) is 12.8 Å². The normalized spacial score (nSPS) is 19.5. The zero-order valence-corrected chi connectivity index (χ0v) is 15.1. The van der Waals surface area contributed by atoms with E-state index >= 15 is 0 Å². The van der Waals surface area contributed by atoms with E-state index in [0.29, 0.717) is 5.56 Å². The highest BCUT2D eigenvalue weighted by Crippen LogP contribution is 2.18. The van der Waals surface area contributed by atoms with Crippen LogP contribution in [0, 0.1) is 0 Å². The van der Waals surface area contributed by atoms with Gasteiger partial charge in [0.2, 0.25) is 0 Å². The fraction of sp³-hybridized carbons (Fsp3) is 0.400. The number of nitrogens with one attached hydrogen (secondary N) is 1. The van der Waals surface area contributed by atoms with E-state index in [0.717, 1.165) is 6.92 Å². The Morgan fingerprint density at radius 3 is 2.74 bits per heavy atom. The summed E-state index contributed by atoms with van der Waals surface area (Å²) in [7, 11) is -4.50. The van der Waals surface area contributed by atoms with E-state index in [1.54, 1.807) is 0 Å². The largest absolute Gasteiger partial charge is 0.445 e. The maximum Gasteiger partial charge on any atom is 0.408 e. The van der Waals surface area contributed by atoms with Gasteiger partial charge in [-0.05, 0) is 29.3 Å². The number of amides is 2. The van der Waals surface area contributed by atoms with Crippen LogP contribution in [0.3, 0.4) is 0 Å². The van der Waals surface area contributed by atoms with Crippen LogP contribution < -0.4 is 5.32 Å². The van der Waals surface area contributed by atoms with Gasteiger partial charge in [-0.2, -0.15) is 8.42 Å². The van der Waals surface area contributed by atoms with Crippen LogP contribution in [0.5, 0.6) is 0 Å². The molecule has 1 aromatic rings. The molecule has 0 aromatic heterocycles. The number of hydroxylamine groups is 2. The van der Waals surface area contributed by atoms with Gasteiger partial charge in [0.05, 0.1) is 4.90 Å². The molecule has 12 heteroatoms. The molecule has 0 radical (unpaired) electrons. The number of ether oxygens (including phenoxy) is 1. The summed E-state index contributed by atoms with van der Waals surface area (Å²) in [5, 5.41) is 2.13. The van der Waals surface area contributed by atoms with E-state index in [4.69, 9.17) is 16.3 Å². The summed E-state index contributed by atoms with van der Waals surface area (Å²) in [4.78, 5) is 39.8. The van der Waals surface area contributed by atoms with Crippen molar-refractivity contribution in [3.63, 3.8) is 0 Å². The highest BCUT2D eigenvalue weighted by atomic mass is 35.5. The maximum atomic E-state index is 12.5. The maximum absolute atomic E-state index is 12.5. The smallest absolute Gasteiger partial charge is 0.408 e. The number of nitrogens with zero attached hydrogens (tertiary/aromatic N) is 1. The molecule has 0 saturated heterocycles. The molecule has 2 bridgehead atoms. The molecule has 1 aliphatic rings. The van der Waals surface area contributed by atoms with Crippen LogP contribution in [0.25, 0.3) is 0 Å². The van der Waals surface area contributed by atoms with Crippen molar-refractivity contribution in [3.8, 4) is 0 Å². The molecule has 10 nitrogen and oxygen atoms in total. The molecule has 150 valence electrons. The monoisotopic (exact) mass is 422 g/mol. The van der Waals surface area contributed by atoms with Gasteiger partial charge < -0.3 is 14.9 Å². The van der Waals surface area contributed by atoms with Crippen molar-refractivity contribution in [3.05, 3.63) is 29.8 Å². The second-order valence-electron chi connectivity index (χ2n) is 5.10. The average molecular weight is 423 g/mol. The number of rotatable bonds is 3. The number of carbonyl (C=O) groups excluding carboxylic acids is 3. The van der Waals surface area contributed by atoms with Crippen molar-refractivity contribution >= 4 is 39.7 Å². The van der Waals surface area contributed by atoms with Crippen molar-refractivity contribution in [1.29, 1.82) is 0 Å². The van der Waals surface area contributed by atoms with Gasteiger partial charge in [-0.1, -0.05) is 19.6 Å². The first-order valence-electron chi connectivity index (χ1n) is 7.28. The minimum Gasteiger partial charge on any atom is -0.445 e. The van der Waals surface area contributed by atoms with Crippen LogP contribution in [-0.4, -0.2) is 43.5 Å². The summed E-state index contributed by atoms with van der Waals surface area (Å²) >= 11 is 5.60. The summed E-state index contributed by atoms with van der Waals surface area (Å²) < 4.78 is 34.4. The van der Waals surface area contributed by atoms with Crippen molar-refractivity contribution in [2.45, 2.75) is 38.3 Å². The molecular weight excluding hydrogens is 404 g/mol. The lowest BCUT2D eigenvalue weighted by Crippen LogP contribution is -2.50. The summed E-state index contributed by atoms with van der Waals surface area (Å²) in [5.41, 5.74) is 0.365. The van der Waals surface area contributed by atoms with Crippen LogP contribution in [0.2, 0.25) is 0 Å². The molecule has 0 unspecified atom stereocenters. The van der Waals surface area contributed by atoms with Gasteiger partial charge in [-0.25, -0.2) is 9.59 Å². The number of benzene rings is 1. The fourth-order valence-corrected chi connectivity index (χ4v) is 3.09. The molecular formula is C15H19ClN2O8S. The van der Waals surface area contributed by atoms with Crippen molar-refractivity contribution in [2.75, 3.05) is 5.88 Å². The van der Waals surface area contributed by atoms with Crippen molar-refractivity contribution < 1.29 is 36.7 Å². The fourth-order valence-electron chi connectivity index (χ4n) is 1.96. The molecule has 1 atom stereocenters. The Hall–Kier alpha value is -2.37. The Balaban J connectivity index is 0.00000364. The SMILES string of the molecule is C.CC(=O)ON1OS(=O)(=O)c2cccc(c2)COC(=O)N[C@@H](CCCl)C1=O. The number of hydrogen-bond donors (Lipinski definition) is 1. The van der Waals surface area contributed by atoms with E-state index in [1.165, 1.54) is 24.3 Å². The topological polar surface area (TPSA) is 128 Å². The summed E-state index contributed by atoms with van der Waals surface area (Å²) in [6.45, 7) is 0.711. The van der Waals surface area contributed by atoms with E-state index in [1.807, 2.05) is 0 Å². The lowest BCUT2D eigenvalue weighted by molar-refractivity contribution is -0.278. The van der Waals surface area contributed by atoms with Gasteiger partial charge in [0.15, 0.2) is 0 Å². The lowest BCUT2D eigenvalue weighted by atomic mass is 10.2. The molecule has 0 fully saturated rings. The van der Waals surface area contributed by atoms with Gasteiger partial charge in [-0.15, -0.1) is 15.9 Å². The first-order valence-corrected chi connectivity index (χ1v) is 9.22. The lowest BCUT2D eigenvalue weighted by Gasteiger charge is -2.24. The third kappa shape index (κ3) is 6.08. The predicted octanol–water partition coefficient (Wildman–Crippen LogP) is 1.49. The molecule has 0 aliphatic carbocycles. The number of carbonyl (C=O) groups is 3. The molecule has 2 rings (SSSR count). The van der Waals surface area contributed by atoms with E-state index < -0.39 is 34.1 Å². The summed E-state index contributed by atoms with van der Waals surface area (Å²) in [6.07, 6.45) is -1.04. The average Bonchev–Trinajstić information content (AvgIpc) is 2.57. The number of fused-ring (bicyclic) bond motifs is 2. The van der Waals surface area contributed by atoms with Gasteiger partial charge in [0.1, 0.15) is 12.6 Å². The van der Waals surface area contributed by atoms with E-state index in [9.17, 15) is 22.8 Å². The van der Waals surface area contributed by atoms with Gasteiger partial charge in [-0.3, -0.25) is 4.79 Å². The quantitative estimate of drug-likeness (QED) is 0.725. The number of hydrogen-bond acceptors (Lipinski definition) is 8. The van der Waals surface area contributed by atoms with Crippen LogP contribution >= 0.6 is 11.6 Å². The van der Waals surface area contributed by atoms with Gasteiger partial charge >= 0.3 is 28.1 Å². The molecule has 1 heterocycles. The summed E-state index contributed by atoms with van der Waals surface area (Å²) in [6, 6.07) is 3.98. The first kappa shape index (κ1) is 22.7. The standard InChI is InChI=1S/C14H15ClN2O8S.CH4/c1-9(18)24-17-13(19)12(5-6-15)16-14(20)23-8-10-3-2-4-11(7-10)26(21,22)25-17;/h2-4,7,12H,5-6,8H2,1H3,(H,16,20);1H4/t12-;/m0./s1. The number of halogens is 1. The molecule has 1 N–H and O–H groups in total. The third-order valence-corrected chi connectivity index (χ3v) is 4.48. The molecule has 1 aromatic carbocycles. The molecule has 2 amide bonds. The van der Waals surface area contributed by atoms with Crippen LogP contribution in [0.1, 0.15) is 26.3 Å².